The fraction of sp³-hybridized carbons (Fsp3) is 0.529. The lowest BCUT2D eigenvalue weighted by Crippen LogP contribution is -2.50. The van der Waals surface area contributed by atoms with Crippen LogP contribution in [0.5, 0.6) is 0 Å². The molecule has 2 amide bonds. The first-order valence-corrected chi connectivity index (χ1v) is 7.55. The van der Waals surface area contributed by atoms with E-state index < -0.39 is 0 Å². The second-order valence-electron chi connectivity index (χ2n) is 6.64. The van der Waals surface area contributed by atoms with Gasteiger partial charge in [-0.2, -0.15) is 0 Å². The Morgan fingerprint density at radius 2 is 1.62 bits per heavy atom. The maximum atomic E-state index is 12.4. The number of imide groups is 1. The predicted molar refractivity (Wildman–Crippen MR) is 83.3 cm³/mol. The van der Waals surface area contributed by atoms with Gasteiger partial charge in [-0.15, -0.1) is 0 Å². The lowest BCUT2D eigenvalue weighted by Gasteiger charge is -2.34. The van der Waals surface area contributed by atoms with Gasteiger partial charge in [0.05, 0.1) is 11.1 Å². The van der Waals surface area contributed by atoms with Crippen molar-refractivity contribution in [2.45, 2.75) is 40.2 Å². The van der Waals surface area contributed by atoms with E-state index in [0.29, 0.717) is 17.7 Å². The normalized spacial score (nSPS) is 16.3. The molecule has 114 valence electrons. The van der Waals surface area contributed by atoms with Crippen molar-refractivity contribution in [2.75, 3.05) is 13.1 Å². The van der Waals surface area contributed by atoms with Gasteiger partial charge in [0.2, 0.25) is 0 Å². The Morgan fingerprint density at radius 3 is 2.05 bits per heavy atom. The van der Waals surface area contributed by atoms with Crippen molar-refractivity contribution in [1.29, 1.82) is 0 Å². The molecule has 1 aliphatic rings. The number of hydrogen-bond donors (Lipinski definition) is 1. The first-order valence-electron chi connectivity index (χ1n) is 7.55. The Labute approximate surface area is 126 Å². The second kappa shape index (κ2) is 5.98. The second-order valence-corrected chi connectivity index (χ2v) is 6.64. The number of carbonyl (C=O) groups excluding carboxylic acids is 2. The summed E-state index contributed by atoms with van der Waals surface area (Å²) in [6.45, 7) is 9.77. The SMILES string of the molecule is CCCNC(CN1C(=O)c2ccccc2C1=O)C(C)(C)C. The molecule has 1 aliphatic heterocycles. The molecule has 1 heterocycles. The largest absolute Gasteiger partial charge is 0.312 e. The van der Waals surface area contributed by atoms with Gasteiger partial charge in [-0.05, 0) is 30.5 Å². The molecule has 1 aromatic carbocycles. The zero-order chi connectivity index (χ0) is 15.6. The van der Waals surface area contributed by atoms with Crippen molar-refractivity contribution in [1.82, 2.24) is 10.2 Å². The van der Waals surface area contributed by atoms with Crippen LogP contribution in [0.1, 0.15) is 54.8 Å². The average Bonchev–Trinajstić information content (AvgIpc) is 2.67. The summed E-state index contributed by atoms with van der Waals surface area (Å²) in [6, 6.07) is 7.12. The minimum atomic E-state index is -0.178. The third kappa shape index (κ3) is 3.16. The van der Waals surface area contributed by atoms with E-state index in [9.17, 15) is 9.59 Å². The lowest BCUT2D eigenvalue weighted by molar-refractivity contribution is 0.0609. The first-order chi connectivity index (χ1) is 9.86. The fourth-order valence-electron chi connectivity index (χ4n) is 2.55. The maximum absolute atomic E-state index is 12.4. The van der Waals surface area contributed by atoms with Crippen LogP contribution in [0.25, 0.3) is 0 Å². The van der Waals surface area contributed by atoms with Crippen LogP contribution >= 0.6 is 0 Å². The number of hydrogen-bond acceptors (Lipinski definition) is 3. The van der Waals surface area contributed by atoms with E-state index >= 15 is 0 Å². The molecule has 4 nitrogen and oxygen atoms in total. The average molecular weight is 288 g/mol. The Balaban J connectivity index is 2.19. The Morgan fingerprint density at radius 1 is 1.10 bits per heavy atom. The molecule has 0 bridgehead atoms. The Hall–Kier alpha value is -1.68. The van der Waals surface area contributed by atoms with Crippen molar-refractivity contribution in [2.24, 2.45) is 5.41 Å². The highest BCUT2D eigenvalue weighted by Gasteiger charge is 2.38. The highest BCUT2D eigenvalue weighted by atomic mass is 16.2. The van der Waals surface area contributed by atoms with E-state index in [1.54, 1.807) is 24.3 Å². The van der Waals surface area contributed by atoms with E-state index in [1.807, 2.05) is 0 Å². The van der Waals surface area contributed by atoms with Crippen molar-refractivity contribution in [3.8, 4) is 0 Å². The van der Waals surface area contributed by atoms with Gasteiger partial charge in [-0.25, -0.2) is 0 Å². The monoisotopic (exact) mass is 288 g/mol. The minimum Gasteiger partial charge on any atom is -0.312 e. The summed E-state index contributed by atoms with van der Waals surface area (Å²) in [5, 5.41) is 3.46. The molecule has 0 spiro atoms. The molecule has 2 rings (SSSR count). The summed E-state index contributed by atoms with van der Waals surface area (Å²) in [6.07, 6.45) is 1.02. The minimum absolute atomic E-state index is 0.0233. The summed E-state index contributed by atoms with van der Waals surface area (Å²) in [5.41, 5.74) is 1.01. The Kier molecular flexibility index (Phi) is 4.47. The van der Waals surface area contributed by atoms with Crippen molar-refractivity contribution < 1.29 is 9.59 Å². The number of carbonyl (C=O) groups is 2. The van der Waals surface area contributed by atoms with Gasteiger partial charge in [0.25, 0.3) is 11.8 Å². The molecular formula is C17H24N2O2. The number of benzene rings is 1. The lowest BCUT2D eigenvalue weighted by atomic mass is 9.86. The molecule has 0 saturated carbocycles. The molecule has 0 aliphatic carbocycles. The predicted octanol–water partition coefficient (Wildman–Crippen LogP) is 2.70. The molecule has 1 atom stereocenters. The van der Waals surface area contributed by atoms with Crippen LogP contribution in [0.2, 0.25) is 0 Å². The van der Waals surface area contributed by atoms with E-state index in [4.69, 9.17) is 0 Å². The summed E-state index contributed by atoms with van der Waals surface area (Å²) >= 11 is 0. The number of nitrogens with one attached hydrogen (secondary N) is 1. The van der Waals surface area contributed by atoms with E-state index in [2.05, 4.69) is 33.0 Å². The van der Waals surface area contributed by atoms with Crippen LogP contribution in [0.15, 0.2) is 24.3 Å². The third-order valence-electron chi connectivity index (χ3n) is 3.93. The quantitative estimate of drug-likeness (QED) is 0.848. The van der Waals surface area contributed by atoms with Gasteiger partial charge in [0.1, 0.15) is 0 Å². The molecule has 1 aromatic rings. The molecule has 21 heavy (non-hydrogen) atoms. The topological polar surface area (TPSA) is 49.4 Å². The van der Waals surface area contributed by atoms with Crippen LogP contribution in [0, 0.1) is 5.41 Å². The number of fused-ring (bicyclic) bond motifs is 1. The highest BCUT2D eigenvalue weighted by Crippen LogP contribution is 2.26. The zero-order valence-electron chi connectivity index (χ0n) is 13.3. The van der Waals surface area contributed by atoms with Crippen LogP contribution < -0.4 is 5.32 Å². The first kappa shape index (κ1) is 15.7. The van der Waals surface area contributed by atoms with Gasteiger partial charge in [0.15, 0.2) is 0 Å². The molecule has 0 radical (unpaired) electrons. The van der Waals surface area contributed by atoms with Crippen molar-refractivity contribution >= 4 is 11.8 Å². The molecule has 0 saturated heterocycles. The summed E-state index contributed by atoms with van der Waals surface area (Å²) in [7, 11) is 0. The van der Waals surface area contributed by atoms with Crippen LogP contribution in [-0.2, 0) is 0 Å². The van der Waals surface area contributed by atoms with Gasteiger partial charge in [-0.1, -0.05) is 39.8 Å². The number of amides is 2. The number of rotatable bonds is 5. The highest BCUT2D eigenvalue weighted by molar-refractivity contribution is 6.21. The summed E-state index contributed by atoms with van der Waals surface area (Å²) in [5.74, 6) is -0.355. The van der Waals surface area contributed by atoms with E-state index in [0.717, 1.165) is 13.0 Å². The molecule has 1 unspecified atom stereocenters. The van der Waals surface area contributed by atoms with Gasteiger partial charge in [0, 0.05) is 12.6 Å². The standard InChI is InChI=1S/C17H24N2O2/c1-5-10-18-14(17(2,3)4)11-19-15(20)12-8-6-7-9-13(12)16(19)21/h6-9,14,18H,5,10-11H2,1-4H3. The maximum Gasteiger partial charge on any atom is 0.261 e. The zero-order valence-corrected chi connectivity index (χ0v) is 13.3. The summed E-state index contributed by atoms with van der Waals surface area (Å²) < 4.78 is 0. The molecule has 0 fully saturated rings. The smallest absolute Gasteiger partial charge is 0.261 e. The number of nitrogens with zero attached hydrogens (tertiary/aromatic N) is 1. The van der Waals surface area contributed by atoms with Crippen LogP contribution in [0.4, 0.5) is 0 Å². The molecular weight excluding hydrogens is 264 g/mol. The van der Waals surface area contributed by atoms with Crippen molar-refractivity contribution in [3.05, 3.63) is 35.4 Å². The van der Waals surface area contributed by atoms with E-state index in [1.165, 1.54) is 4.90 Å². The van der Waals surface area contributed by atoms with Crippen LogP contribution in [0.3, 0.4) is 0 Å². The van der Waals surface area contributed by atoms with Gasteiger partial charge in [-0.3, -0.25) is 14.5 Å². The summed E-state index contributed by atoms with van der Waals surface area (Å²) in [4.78, 5) is 26.2. The van der Waals surface area contributed by atoms with Gasteiger partial charge < -0.3 is 5.32 Å². The fourth-order valence-corrected chi connectivity index (χ4v) is 2.55. The third-order valence-corrected chi connectivity index (χ3v) is 3.93. The van der Waals surface area contributed by atoms with Gasteiger partial charge >= 0.3 is 0 Å². The molecule has 1 N–H and O–H groups in total. The van der Waals surface area contributed by atoms with Crippen LogP contribution in [-0.4, -0.2) is 35.8 Å². The van der Waals surface area contributed by atoms with Crippen molar-refractivity contribution in [3.63, 3.8) is 0 Å². The van der Waals surface area contributed by atoms with E-state index in [-0.39, 0.29) is 23.3 Å². The Bertz CT molecular complexity index is 511. The molecule has 0 aromatic heterocycles. The molecule has 4 heteroatoms.